The van der Waals surface area contributed by atoms with Crippen molar-refractivity contribution < 1.29 is 4.79 Å². The Morgan fingerprint density at radius 2 is 1.62 bits per heavy atom. The van der Waals surface area contributed by atoms with Crippen molar-refractivity contribution in [1.82, 2.24) is 5.32 Å². The predicted molar refractivity (Wildman–Crippen MR) is 86.2 cm³/mol. The highest BCUT2D eigenvalue weighted by Gasteiger charge is 2.08. The Balaban J connectivity index is 2.07. The summed E-state index contributed by atoms with van der Waals surface area (Å²) in [4.78, 5) is 12.2. The van der Waals surface area contributed by atoms with Gasteiger partial charge in [0.05, 0.1) is 0 Å². The zero-order valence-electron chi connectivity index (χ0n) is 12.9. The van der Waals surface area contributed by atoms with Crippen LogP contribution in [0.25, 0.3) is 0 Å². The molecule has 3 N–H and O–H groups in total. The molecule has 2 aromatic carbocycles. The zero-order valence-corrected chi connectivity index (χ0v) is 12.9. The first-order valence-corrected chi connectivity index (χ1v) is 7.15. The Kier molecular flexibility index (Phi) is 4.76. The third-order valence-corrected chi connectivity index (χ3v) is 3.72. The van der Waals surface area contributed by atoms with Gasteiger partial charge in [0.2, 0.25) is 0 Å². The lowest BCUT2D eigenvalue weighted by atomic mass is 10.00. The molecular formula is C18H22N2O. The number of carbonyl (C=O) groups is 1. The molecule has 0 aliphatic rings. The second-order valence-electron chi connectivity index (χ2n) is 5.46. The molecule has 2 aromatic rings. The fourth-order valence-corrected chi connectivity index (χ4v) is 2.55. The number of rotatable bonds is 4. The Bertz CT molecular complexity index is 622. The number of aryl methyl sites for hydroxylation is 3. The standard InChI is InChI=1S/C18H22N2O/c1-12-8-13(2)17(14(3)9-12)11-20-18(21)16-6-4-15(10-19)5-7-16/h4-9H,10-11,19H2,1-3H3,(H,20,21). The molecule has 0 saturated heterocycles. The van der Waals surface area contributed by atoms with Crippen LogP contribution in [0.3, 0.4) is 0 Å². The van der Waals surface area contributed by atoms with E-state index in [1.165, 1.54) is 22.3 Å². The predicted octanol–water partition coefficient (Wildman–Crippen LogP) is 3.00. The molecule has 0 heterocycles. The normalized spacial score (nSPS) is 10.5. The van der Waals surface area contributed by atoms with E-state index in [-0.39, 0.29) is 5.91 Å². The average molecular weight is 282 g/mol. The van der Waals surface area contributed by atoms with Crippen LogP contribution in [-0.4, -0.2) is 5.91 Å². The second-order valence-corrected chi connectivity index (χ2v) is 5.46. The van der Waals surface area contributed by atoms with Gasteiger partial charge in [-0.15, -0.1) is 0 Å². The van der Waals surface area contributed by atoms with Crippen LogP contribution in [0.4, 0.5) is 0 Å². The minimum Gasteiger partial charge on any atom is -0.348 e. The maximum Gasteiger partial charge on any atom is 0.251 e. The van der Waals surface area contributed by atoms with E-state index < -0.39 is 0 Å². The van der Waals surface area contributed by atoms with Gasteiger partial charge in [-0.1, -0.05) is 29.8 Å². The average Bonchev–Trinajstić information content (AvgIpc) is 2.46. The first-order chi connectivity index (χ1) is 10.0. The van der Waals surface area contributed by atoms with Crippen LogP contribution in [0.5, 0.6) is 0 Å². The third-order valence-electron chi connectivity index (χ3n) is 3.72. The largest absolute Gasteiger partial charge is 0.348 e. The minimum atomic E-state index is -0.0575. The van der Waals surface area contributed by atoms with Gasteiger partial charge in [-0.2, -0.15) is 0 Å². The van der Waals surface area contributed by atoms with Crippen molar-refractivity contribution in [1.29, 1.82) is 0 Å². The summed E-state index contributed by atoms with van der Waals surface area (Å²) in [5.74, 6) is -0.0575. The first-order valence-electron chi connectivity index (χ1n) is 7.15. The molecule has 0 atom stereocenters. The molecule has 0 saturated carbocycles. The molecule has 2 rings (SSSR count). The quantitative estimate of drug-likeness (QED) is 0.905. The molecule has 0 bridgehead atoms. The van der Waals surface area contributed by atoms with Crippen molar-refractivity contribution in [2.75, 3.05) is 0 Å². The van der Waals surface area contributed by atoms with Crippen molar-refractivity contribution >= 4 is 5.91 Å². The molecule has 3 nitrogen and oxygen atoms in total. The SMILES string of the molecule is Cc1cc(C)c(CNC(=O)c2ccc(CN)cc2)c(C)c1. The smallest absolute Gasteiger partial charge is 0.251 e. The number of nitrogens with two attached hydrogens (primary N) is 1. The van der Waals surface area contributed by atoms with Gasteiger partial charge in [0, 0.05) is 18.7 Å². The Labute approximate surface area is 126 Å². The molecule has 3 heteroatoms. The van der Waals surface area contributed by atoms with E-state index in [4.69, 9.17) is 5.73 Å². The molecule has 1 amide bonds. The highest BCUT2D eigenvalue weighted by molar-refractivity contribution is 5.94. The van der Waals surface area contributed by atoms with Crippen LogP contribution >= 0.6 is 0 Å². The molecule has 0 fully saturated rings. The van der Waals surface area contributed by atoms with Crippen LogP contribution < -0.4 is 11.1 Å². The summed E-state index contributed by atoms with van der Waals surface area (Å²) >= 11 is 0. The molecule has 0 unspecified atom stereocenters. The van der Waals surface area contributed by atoms with Gasteiger partial charge in [0.15, 0.2) is 0 Å². The molecule has 0 aliphatic carbocycles. The fourth-order valence-electron chi connectivity index (χ4n) is 2.55. The summed E-state index contributed by atoms with van der Waals surface area (Å²) < 4.78 is 0. The maximum atomic E-state index is 12.2. The third kappa shape index (κ3) is 3.70. The Hall–Kier alpha value is -2.13. The van der Waals surface area contributed by atoms with Crippen LogP contribution in [0.15, 0.2) is 36.4 Å². The summed E-state index contributed by atoms with van der Waals surface area (Å²) in [6.45, 7) is 7.29. The lowest BCUT2D eigenvalue weighted by molar-refractivity contribution is 0.0951. The number of amides is 1. The van der Waals surface area contributed by atoms with Crippen LogP contribution in [-0.2, 0) is 13.1 Å². The Morgan fingerprint density at radius 1 is 1.05 bits per heavy atom. The minimum absolute atomic E-state index is 0.0575. The zero-order chi connectivity index (χ0) is 15.4. The first kappa shape index (κ1) is 15.3. The topological polar surface area (TPSA) is 55.1 Å². The van der Waals surface area contributed by atoms with E-state index in [0.29, 0.717) is 18.7 Å². The van der Waals surface area contributed by atoms with Crippen molar-refractivity contribution in [3.8, 4) is 0 Å². The summed E-state index contributed by atoms with van der Waals surface area (Å²) in [7, 11) is 0. The molecule has 110 valence electrons. The van der Waals surface area contributed by atoms with Crippen molar-refractivity contribution in [2.45, 2.75) is 33.9 Å². The van der Waals surface area contributed by atoms with Crippen LogP contribution in [0.1, 0.15) is 38.2 Å². The molecule has 0 radical (unpaired) electrons. The van der Waals surface area contributed by atoms with Gasteiger partial charge in [-0.25, -0.2) is 0 Å². The summed E-state index contributed by atoms with van der Waals surface area (Å²) in [5.41, 5.74) is 12.1. The second kappa shape index (κ2) is 6.55. The van der Waals surface area contributed by atoms with E-state index >= 15 is 0 Å². The molecule has 0 aliphatic heterocycles. The highest BCUT2D eigenvalue weighted by atomic mass is 16.1. The fraction of sp³-hybridized carbons (Fsp3) is 0.278. The van der Waals surface area contributed by atoms with Gasteiger partial charge in [-0.3, -0.25) is 4.79 Å². The highest BCUT2D eigenvalue weighted by Crippen LogP contribution is 2.16. The van der Waals surface area contributed by atoms with E-state index in [1.807, 2.05) is 24.3 Å². The van der Waals surface area contributed by atoms with Gasteiger partial charge < -0.3 is 11.1 Å². The van der Waals surface area contributed by atoms with E-state index in [1.54, 1.807) is 0 Å². The van der Waals surface area contributed by atoms with Crippen LogP contribution in [0, 0.1) is 20.8 Å². The van der Waals surface area contributed by atoms with E-state index in [0.717, 1.165) is 5.56 Å². The van der Waals surface area contributed by atoms with Gasteiger partial charge >= 0.3 is 0 Å². The number of hydrogen-bond donors (Lipinski definition) is 2. The summed E-state index contributed by atoms with van der Waals surface area (Å²) in [5, 5.41) is 2.98. The van der Waals surface area contributed by atoms with Gasteiger partial charge in [-0.05, 0) is 55.2 Å². The monoisotopic (exact) mass is 282 g/mol. The molecule has 21 heavy (non-hydrogen) atoms. The molecule has 0 aromatic heterocycles. The Morgan fingerprint density at radius 3 is 2.14 bits per heavy atom. The van der Waals surface area contributed by atoms with Crippen molar-refractivity contribution in [2.24, 2.45) is 5.73 Å². The summed E-state index contributed by atoms with van der Waals surface area (Å²) in [6, 6.07) is 11.7. The van der Waals surface area contributed by atoms with Crippen molar-refractivity contribution in [3.05, 3.63) is 69.8 Å². The number of carbonyl (C=O) groups excluding carboxylic acids is 1. The van der Waals surface area contributed by atoms with E-state index in [2.05, 4.69) is 38.2 Å². The number of benzene rings is 2. The lowest BCUT2D eigenvalue weighted by Crippen LogP contribution is -2.23. The molecular weight excluding hydrogens is 260 g/mol. The molecule has 0 spiro atoms. The van der Waals surface area contributed by atoms with Crippen LogP contribution in [0.2, 0.25) is 0 Å². The van der Waals surface area contributed by atoms with E-state index in [9.17, 15) is 4.79 Å². The summed E-state index contributed by atoms with van der Waals surface area (Å²) in [6.07, 6.45) is 0. The van der Waals surface area contributed by atoms with Crippen molar-refractivity contribution in [3.63, 3.8) is 0 Å². The van der Waals surface area contributed by atoms with Gasteiger partial charge in [0.1, 0.15) is 0 Å². The lowest BCUT2D eigenvalue weighted by Gasteiger charge is -2.12. The van der Waals surface area contributed by atoms with Gasteiger partial charge in [0.25, 0.3) is 5.91 Å². The number of nitrogens with one attached hydrogen (secondary N) is 1. The maximum absolute atomic E-state index is 12.2. The number of hydrogen-bond acceptors (Lipinski definition) is 2.